The molecule has 2 heteroatoms. The molecule has 90 valence electrons. The maximum Gasteiger partial charge on any atom is 0.119 e. The molecule has 1 aromatic carbocycles. The zero-order chi connectivity index (χ0) is 12.0. The van der Waals surface area contributed by atoms with Crippen molar-refractivity contribution < 1.29 is 9.84 Å². The Morgan fingerprint density at radius 1 is 1.25 bits per heavy atom. The van der Waals surface area contributed by atoms with Gasteiger partial charge < -0.3 is 9.84 Å². The summed E-state index contributed by atoms with van der Waals surface area (Å²) in [6.07, 6.45) is 1.48. The highest BCUT2D eigenvalue weighted by Crippen LogP contribution is 2.24. The molecule has 0 fully saturated rings. The zero-order valence-electron chi connectivity index (χ0n) is 10.4. The van der Waals surface area contributed by atoms with Gasteiger partial charge in [-0.2, -0.15) is 0 Å². The lowest BCUT2D eigenvalue weighted by Gasteiger charge is -2.13. The van der Waals surface area contributed by atoms with Crippen LogP contribution in [0.15, 0.2) is 24.3 Å². The van der Waals surface area contributed by atoms with Crippen molar-refractivity contribution >= 4 is 0 Å². The summed E-state index contributed by atoms with van der Waals surface area (Å²) in [4.78, 5) is 0. The van der Waals surface area contributed by atoms with Crippen LogP contribution in [0.5, 0.6) is 5.75 Å². The van der Waals surface area contributed by atoms with Crippen LogP contribution in [0.3, 0.4) is 0 Å². The lowest BCUT2D eigenvalue weighted by molar-refractivity contribution is 0.158. The highest BCUT2D eigenvalue weighted by Gasteiger charge is 2.09. The summed E-state index contributed by atoms with van der Waals surface area (Å²) in [6.45, 7) is 6.96. The minimum Gasteiger partial charge on any atom is -0.494 e. The van der Waals surface area contributed by atoms with E-state index in [1.54, 1.807) is 0 Å². The van der Waals surface area contributed by atoms with E-state index in [-0.39, 0.29) is 6.10 Å². The Morgan fingerprint density at radius 3 is 2.62 bits per heavy atom. The number of aliphatic hydroxyl groups excluding tert-OH is 1. The second-order valence-electron chi connectivity index (χ2n) is 4.49. The van der Waals surface area contributed by atoms with Crippen LogP contribution in [0.1, 0.15) is 45.3 Å². The van der Waals surface area contributed by atoms with Crippen LogP contribution in [0.2, 0.25) is 0 Å². The standard InChI is InChI=1S/C14H22O2/c1-4-16-13-7-5-6-12(10-13)14(15)9-8-11(2)3/h5-7,10-11,14-15H,4,8-9H2,1-3H3. The summed E-state index contributed by atoms with van der Waals surface area (Å²) in [6, 6.07) is 7.73. The molecule has 0 aliphatic rings. The van der Waals surface area contributed by atoms with Crippen LogP contribution in [-0.4, -0.2) is 11.7 Å². The van der Waals surface area contributed by atoms with Crippen molar-refractivity contribution in [1.82, 2.24) is 0 Å². The maximum absolute atomic E-state index is 10.0. The summed E-state index contributed by atoms with van der Waals surface area (Å²) in [5.74, 6) is 1.47. The molecule has 0 aliphatic carbocycles. The molecule has 0 saturated heterocycles. The summed E-state index contributed by atoms with van der Waals surface area (Å²) in [7, 11) is 0. The highest BCUT2D eigenvalue weighted by molar-refractivity contribution is 5.29. The third-order valence-corrected chi connectivity index (χ3v) is 2.57. The Kier molecular flexibility index (Phi) is 5.33. The molecule has 0 amide bonds. The molecule has 0 spiro atoms. The van der Waals surface area contributed by atoms with E-state index in [0.29, 0.717) is 12.5 Å². The molecule has 1 atom stereocenters. The van der Waals surface area contributed by atoms with E-state index < -0.39 is 0 Å². The Bertz CT molecular complexity index is 307. The predicted molar refractivity (Wildman–Crippen MR) is 66.6 cm³/mol. The fourth-order valence-electron chi connectivity index (χ4n) is 1.64. The lowest BCUT2D eigenvalue weighted by atomic mass is 10.00. The highest BCUT2D eigenvalue weighted by atomic mass is 16.5. The van der Waals surface area contributed by atoms with Gasteiger partial charge in [0.1, 0.15) is 5.75 Å². The van der Waals surface area contributed by atoms with Crippen LogP contribution in [0.25, 0.3) is 0 Å². The first-order valence-corrected chi connectivity index (χ1v) is 6.04. The molecular formula is C14H22O2. The molecule has 0 aromatic heterocycles. The van der Waals surface area contributed by atoms with Crippen molar-refractivity contribution in [3.05, 3.63) is 29.8 Å². The summed E-state index contributed by atoms with van der Waals surface area (Å²) < 4.78 is 5.41. The number of aliphatic hydroxyl groups is 1. The van der Waals surface area contributed by atoms with E-state index in [1.165, 1.54) is 0 Å². The minimum atomic E-state index is -0.372. The number of hydrogen-bond donors (Lipinski definition) is 1. The van der Waals surface area contributed by atoms with Gasteiger partial charge in [0, 0.05) is 0 Å². The monoisotopic (exact) mass is 222 g/mol. The smallest absolute Gasteiger partial charge is 0.119 e. The van der Waals surface area contributed by atoms with E-state index in [0.717, 1.165) is 24.2 Å². The van der Waals surface area contributed by atoms with Gasteiger partial charge in [0.25, 0.3) is 0 Å². The Labute approximate surface area is 98.3 Å². The molecule has 1 unspecified atom stereocenters. The van der Waals surface area contributed by atoms with E-state index in [2.05, 4.69) is 13.8 Å². The lowest BCUT2D eigenvalue weighted by Crippen LogP contribution is -2.00. The molecular weight excluding hydrogens is 200 g/mol. The van der Waals surface area contributed by atoms with Crippen LogP contribution < -0.4 is 4.74 Å². The van der Waals surface area contributed by atoms with Gasteiger partial charge in [-0.05, 0) is 43.4 Å². The fraction of sp³-hybridized carbons (Fsp3) is 0.571. The van der Waals surface area contributed by atoms with Crippen molar-refractivity contribution in [2.75, 3.05) is 6.61 Å². The molecule has 2 nitrogen and oxygen atoms in total. The van der Waals surface area contributed by atoms with Crippen LogP contribution in [-0.2, 0) is 0 Å². The van der Waals surface area contributed by atoms with Crippen LogP contribution in [0.4, 0.5) is 0 Å². The third-order valence-electron chi connectivity index (χ3n) is 2.57. The number of ether oxygens (including phenoxy) is 1. The SMILES string of the molecule is CCOc1cccc(C(O)CCC(C)C)c1. The maximum atomic E-state index is 10.0. The van der Waals surface area contributed by atoms with Crippen molar-refractivity contribution in [3.63, 3.8) is 0 Å². The van der Waals surface area contributed by atoms with Gasteiger partial charge in [-0.1, -0.05) is 26.0 Å². The third kappa shape index (κ3) is 4.23. The van der Waals surface area contributed by atoms with E-state index in [4.69, 9.17) is 4.74 Å². The molecule has 0 bridgehead atoms. The normalized spacial score (nSPS) is 12.8. The first kappa shape index (κ1) is 13.0. The molecule has 0 radical (unpaired) electrons. The van der Waals surface area contributed by atoms with E-state index in [9.17, 15) is 5.11 Å². The molecule has 1 N–H and O–H groups in total. The first-order valence-electron chi connectivity index (χ1n) is 6.04. The topological polar surface area (TPSA) is 29.5 Å². The zero-order valence-corrected chi connectivity index (χ0v) is 10.4. The molecule has 0 heterocycles. The average Bonchev–Trinajstić information content (AvgIpc) is 2.26. The molecule has 0 saturated carbocycles. The van der Waals surface area contributed by atoms with Crippen molar-refractivity contribution in [2.45, 2.75) is 39.7 Å². The van der Waals surface area contributed by atoms with Gasteiger partial charge in [-0.3, -0.25) is 0 Å². The molecule has 16 heavy (non-hydrogen) atoms. The first-order chi connectivity index (χ1) is 7.63. The second-order valence-corrected chi connectivity index (χ2v) is 4.49. The summed E-state index contributed by atoms with van der Waals surface area (Å²) >= 11 is 0. The van der Waals surface area contributed by atoms with Crippen molar-refractivity contribution in [1.29, 1.82) is 0 Å². The fourth-order valence-corrected chi connectivity index (χ4v) is 1.64. The summed E-state index contributed by atoms with van der Waals surface area (Å²) in [5.41, 5.74) is 0.951. The Morgan fingerprint density at radius 2 is 2.00 bits per heavy atom. The average molecular weight is 222 g/mol. The second kappa shape index (κ2) is 6.54. The van der Waals surface area contributed by atoms with Crippen LogP contribution in [0, 0.1) is 5.92 Å². The Hall–Kier alpha value is -1.02. The van der Waals surface area contributed by atoms with Crippen molar-refractivity contribution in [3.8, 4) is 5.75 Å². The van der Waals surface area contributed by atoms with E-state index >= 15 is 0 Å². The van der Waals surface area contributed by atoms with Gasteiger partial charge in [-0.15, -0.1) is 0 Å². The minimum absolute atomic E-state index is 0.372. The number of hydrogen-bond acceptors (Lipinski definition) is 2. The van der Waals surface area contributed by atoms with Gasteiger partial charge in [0.15, 0.2) is 0 Å². The quantitative estimate of drug-likeness (QED) is 0.797. The van der Waals surface area contributed by atoms with Gasteiger partial charge in [0.2, 0.25) is 0 Å². The summed E-state index contributed by atoms with van der Waals surface area (Å²) in [5, 5.41) is 10.0. The molecule has 1 rings (SSSR count). The van der Waals surface area contributed by atoms with E-state index in [1.807, 2.05) is 31.2 Å². The Balaban J connectivity index is 2.60. The van der Waals surface area contributed by atoms with Gasteiger partial charge >= 0.3 is 0 Å². The van der Waals surface area contributed by atoms with Gasteiger partial charge in [-0.25, -0.2) is 0 Å². The van der Waals surface area contributed by atoms with Gasteiger partial charge in [0.05, 0.1) is 12.7 Å². The molecule has 1 aromatic rings. The number of benzene rings is 1. The predicted octanol–water partition coefficient (Wildman–Crippen LogP) is 3.55. The largest absolute Gasteiger partial charge is 0.494 e. The number of rotatable bonds is 6. The molecule has 0 aliphatic heterocycles. The van der Waals surface area contributed by atoms with Crippen molar-refractivity contribution in [2.24, 2.45) is 5.92 Å². The van der Waals surface area contributed by atoms with Crippen LogP contribution >= 0.6 is 0 Å².